The molecule has 0 amide bonds. The molecule has 2 saturated heterocycles. The highest BCUT2D eigenvalue weighted by Gasteiger charge is 2.62. The smallest absolute Gasteiger partial charge is 0.159 e. The van der Waals surface area contributed by atoms with Gasteiger partial charge in [0.15, 0.2) is 23.3 Å². The first-order chi connectivity index (χ1) is 12.5. The minimum absolute atomic E-state index is 0.0696. The molecule has 2 nitrogen and oxygen atoms in total. The topological polar surface area (TPSA) is 18.5 Å². The zero-order valence-electron chi connectivity index (χ0n) is 13.3. The largest absolute Gasteiger partial charge is 0.366 e. The molecule has 2 bridgehead atoms. The number of rotatable bonds is 0. The van der Waals surface area contributed by atoms with Gasteiger partial charge in [0.25, 0.3) is 0 Å². The molecule has 0 N–H and O–H groups in total. The summed E-state index contributed by atoms with van der Waals surface area (Å²) in [4.78, 5) is 0. The van der Waals surface area contributed by atoms with Gasteiger partial charge in [-0.2, -0.15) is 0 Å². The minimum atomic E-state index is -0.912. The standard InChI is InChI=1S/C20H12F4O2/c21-12-3-7-1-2-8-16-18-10-5-14(23)15(24)6-11(10)19(26-18)20(16)25-17(8)9(7)4-13(12)22/h1-6,8,16-20H/t8-,16-,17+,18-,19+,20-/m1/s1. The van der Waals surface area contributed by atoms with Crippen LogP contribution in [0, 0.1) is 35.1 Å². The second kappa shape index (κ2) is 4.75. The summed E-state index contributed by atoms with van der Waals surface area (Å²) in [5, 5.41) is 0. The lowest BCUT2D eigenvalue weighted by Crippen LogP contribution is -2.26. The zero-order chi connectivity index (χ0) is 17.7. The van der Waals surface area contributed by atoms with Crippen LogP contribution in [0.4, 0.5) is 17.6 Å². The fraction of sp³-hybridized carbons (Fsp3) is 0.300. The molecule has 4 aliphatic rings. The molecule has 0 spiro atoms. The van der Waals surface area contributed by atoms with Crippen LogP contribution in [0.25, 0.3) is 6.08 Å². The third kappa shape index (κ3) is 1.69. The Bertz CT molecular complexity index is 1000. The van der Waals surface area contributed by atoms with Gasteiger partial charge in [-0.25, -0.2) is 17.6 Å². The second-order valence-corrected chi connectivity index (χ2v) is 7.30. The van der Waals surface area contributed by atoms with Gasteiger partial charge in [-0.1, -0.05) is 12.2 Å². The first-order valence-electron chi connectivity index (χ1n) is 8.50. The van der Waals surface area contributed by atoms with E-state index in [4.69, 9.17) is 9.47 Å². The lowest BCUT2D eigenvalue weighted by Gasteiger charge is -2.27. The summed E-state index contributed by atoms with van der Waals surface area (Å²) >= 11 is 0. The van der Waals surface area contributed by atoms with Crippen molar-refractivity contribution in [1.29, 1.82) is 0 Å². The van der Waals surface area contributed by atoms with Gasteiger partial charge in [-0.3, -0.25) is 0 Å². The van der Waals surface area contributed by atoms with Crippen LogP contribution >= 0.6 is 0 Å². The van der Waals surface area contributed by atoms with E-state index < -0.39 is 35.5 Å². The quantitative estimate of drug-likeness (QED) is 0.630. The number of fused-ring (bicyclic) bond motifs is 12. The molecule has 0 aromatic heterocycles. The van der Waals surface area contributed by atoms with Crippen molar-refractivity contribution in [3.8, 4) is 0 Å². The lowest BCUT2D eigenvalue weighted by molar-refractivity contribution is -0.0397. The maximum atomic E-state index is 13.8. The molecule has 6 rings (SSSR count). The Morgan fingerprint density at radius 3 is 2.00 bits per heavy atom. The van der Waals surface area contributed by atoms with E-state index >= 15 is 0 Å². The Morgan fingerprint density at radius 2 is 1.27 bits per heavy atom. The van der Waals surface area contributed by atoms with Gasteiger partial charge in [0, 0.05) is 11.8 Å². The van der Waals surface area contributed by atoms with Crippen LogP contribution in [0.3, 0.4) is 0 Å². The van der Waals surface area contributed by atoms with Crippen LogP contribution in [-0.4, -0.2) is 6.10 Å². The van der Waals surface area contributed by atoms with Crippen molar-refractivity contribution in [1.82, 2.24) is 0 Å². The van der Waals surface area contributed by atoms with E-state index in [1.807, 2.05) is 6.08 Å². The van der Waals surface area contributed by atoms with Gasteiger partial charge >= 0.3 is 0 Å². The third-order valence-electron chi connectivity index (χ3n) is 6.09. The fourth-order valence-corrected chi connectivity index (χ4v) is 5.04. The predicted octanol–water partition coefficient (Wildman–Crippen LogP) is 4.77. The van der Waals surface area contributed by atoms with Crippen molar-refractivity contribution in [2.45, 2.75) is 24.4 Å². The Morgan fingerprint density at radius 1 is 0.654 bits per heavy atom. The molecule has 0 saturated carbocycles. The number of benzene rings is 2. The van der Waals surface area contributed by atoms with Crippen molar-refractivity contribution in [2.24, 2.45) is 11.8 Å². The molecule has 6 atom stereocenters. The SMILES string of the molecule is Fc1cc2c(cc1F)[C@H]1O[C@@H]3[C@H]([C@H]1C=C2)[C@@H]1O[C@H]3c2cc(F)c(F)cc21. The molecule has 3 heterocycles. The molecule has 26 heavy (non-hydrogen) atoms. The maximum Gasteiger partial charge on any atom is 0.159 e. The summed E-state index contributed by atoms with van der Waals surface area (Å²) in [7, 11) is 0. The fourth-order valence-electron chi connectivity index (χ4n) is 5.04. The van der Waals surface area contributed by atoms with E-state index in [0.717, 1.165) is 0 Å². The van der Waals surface area contributed by atoms with E-state index in [1.165, 1.54) is 24.3 Å². The summed E-state index contributed by atoms with van der Waals surface area (Å²) < 4.78 is 66.8. The van der Waals surface area contributed by atoms with Gasteiger partial charge < -0.3 is 9.47 Å². The van der Waals surface area contributed by atoms with Crippen molar-refractivity contribution >= 4 is 6.08 Å². The second-order valence-electron chi connectivity index (χ2n) is 7.30. The maximum absolute atomic E-state index is 13.8. The van der Waals surface area contributed by atoms with Gasteiger partial charge in [0.05, 0.1) is 18.3 Å². The van der Waals surface area contributed by atoms with E-state index in [1.54, 1.807) is 6.08 Å². The first-order valence-corrected chi connectivity index (χ1v) is 8.50. The number of hydrogen-bond donors (Lipinski definition) is 0. The van der Waals surface area contributed by atoms with E-state index in [-0.39, 0.29) is 24.0 Å². The summed E-state index contributed by atoms with van der Waals surface area (Å²) in [5.74, 6) is -3.77. The number of hydrogen-bond acceptors (Lipinski definition) is 2. The molecule has 1 aliphatic carbocycles. The van der Waals surface area contributed by atoms with Crippen molar-refractivity contribution in [3.05, 3.63) is 75.9 Å². The average Bonchev–Trinajstić information content (AvgIpc) is 3.25. The van der Waals surface area contributed by atoms with Gasteiger partial charge in [0.1, 0.15) is 6.10 Å². The van der Waals surface area contributed by atoms with Crippen LogP contribution in [0.2, 0.25) is 0 Å². The molecule has 0 unspecified atom stereocenters. The van der Waals surface area contributed by atoms with Crippen molar-refractivity contribution < 1.29 is 27.0 Å². The molecular weight excluding hydrogens is 348 g/mol. The number of ether oxygens (including phenoxy) is 2. The Labute approximate surface area is 146 Å². The normalized spacial score (nSPS) is 35.2. The summed E-state index contributed by atoms with van der Waals surface area (Å²) in [6.45, 7) is 0. The number of halogens is 4. The molecule has 132 valence electrons. The van der Waals surface area contributed by atoms with Crippen molar-refractivity contribution in [2.75, 3.05) is 0 Å². The first kappa shape index (κ1) is 14.9. The molecular formula is C20H12F4O2. The molecule has 3 aliphatic heterocycles. The van der Waals surface area contributed by atoms with E-state index in [9.17, 15) is 17.6 Å². The van der Waals surface area contributed by atoms with Crippen LogP contribution in [-0.2, 0) is 9.47 Å². The Hall–Kier alpha value is -2.18. The van der Waals surface area contributed by atoms with E-state index in [2.05, 4.69) is 0 Å². The van der Waals surface area contributed by atoms with Crippen LogP contribution in [0.1, 0.15) is 40.6 Å². The van der Waals surface area contributed by atoms with Gasteiger partial charge in [0.2, 0.25) is 0 Å². The highest BCUT2D eigenvalue weighted by atomic mass is 19.2. The molecule has 2 aromatic carbocycles. The third-order valence-corrected chi connectivity index (χ3v) is 6.09. The summed E-state index contributed by atoms with van der Waals surface area (Å²) in [6, 6.07) is 4.73. The summed E-state index contributed by atoms with van der Waals surface area (Å²) in [5.41, 5.74) is 2.46. The molecule has 2 fully saturated rings. The van der Waals surface area contributed by atoms with Gasteiger partial charge in [-0.15, -0.1) is 0 Å². The zero-order valence-corrected chi connectivity index (χ0v) is 13.3. The average molecular weight is 360 g/mol. The molecule has 0 radical (unpaired) electrons. The monoisotopic (exact) mass is 360 g/mol. The minimum Gasteiger partial charge on any atom is -0.366 e. The van der Waals surface area contributed by atoms with Crippen molar-refractivity contribution in [3.63, 3.8) is 0 Å². The van der Waals surface area contributed by atoms with Crippen LogP contribution < -0.4 is 0 Å². The highest BCUT2D eigenvalue weighted by Crippen LogP contribution is 2.64. The van der Waals surface area contributed by atoms with Crippen LogP contribution in [0.5, 0.6) is 0 Å². The Kier molecular flexibility index (Phi) is 2.73. The van der Waals surface area contributed by atoms with E-state index in [0.29, 0.717) is 22.3 Å². The predicted molar refractivity (Wildman–Crippen MR) is 82.9 cm³/mol. The Balaban J connectivity index is 1.45. The lowest BCUT2D eigenvalue weighted by atomic mass is 9.73. The van der Waals surface area contributed by atoms with Crippen LogP contribution in [0.15, 0.2) is 30.3 Å². The van der Waals surface area contributed by atoms with Gasteiger partial charge in [-0.05, 0) is 46.5 Å². The molecule has 2 aromatic rings. The summed E-state index contributed by atoms with van der Waals surface area (Å²) in [6.07, 6.45) is 2.10. The highest BCUT2D eigenvalue weighted by molar-refractivity contribution is 5.59. The molecule has 6 heteroatoms.